The number of carbonyl (C=O) groups excluding carboxylic acids is 2. The summed E-state index contributed by atoms with van der Waals surface area (Å²) < 4.78 is 0. The lowest BCUT2D eigenvalue weighted by Gasteiger charge is -2.38. The van der Waals surface area contributed by atoms with Crippen LogP contribution in [-0.4, -0.2) is 59.6 Å². The number of carbonyl (C=O) groups is 2. The molecule has 7 nitrogen and oxygen atoms in total. The quantitative estimate of drug-likeness (QED) is 0.741. The van der Waals surface area contributed by atoms with E-state index in [0.717, 1.165) is 44.1 Å². The summed E-state index contributed by atoms with van der Waals surface area (Å²) in [5.74, 6) is 1.63. The van der Waals surface area contributed by atoms with E-state index >= 15 is 0 Å². The third-order valence-electron chi connectivity index (χ3n) is 5.76. The van der Waals surface area contributed by atoms with Gasteiger partial charge in [0.15, 0.2) is 11.5 Å². The van der Waals surface area contributed by atoms with Crippen LogP contribution in [0.2, 0.25) is 0 Å². The zero-order chi connectivity index (χ0) is 20.1. The number of hydrogen-bond acceptors (Lipinski definition) is 5. The van der Waals surface area contributed by atoms with Crippen LogP contribution in [0.3, 0.4) is 0 Å². The van der Waals surface area contributed by atoms with Crippen molar-refractivity contribution in [3.05, 3.63) is 17.8 Å². The zero-order valence-corrected chi connectivity index (χ0v) is 17.4. The van der Waals surface area contributed by atoms with E-state index in [-0.39, 0.29) is 17.2 Å². The minimum atomic E-state index is -0.300. The van der Waals surface area contributed by atoms with E-state index < -0.39 is 0 Å². The molecule has 1 aromatic heterocycles. The first-order chi connectivity index (χ1) is 13.4. The van der Waals surface area contributed by atoms with Crippen LogP contribution >= 0.6 is 0 Å². The highest BCUT2D eigenvalue weighted by Gasteiger charge is 2.33. The van der Waals surface area contributed by atoms with Gasteiger partial charge in [0, 0.05) is 38.1 Å². The fourth-order valence-electron chi connectivity index (χ4n) is 3.80. The Kier molecular flexibility index (Phi) is 6.52. The largest absolute Gasteiger partial charge is 0.352 e. The molecule has 2 amide bonds. The Balaban J connectivity index is 1.48. The number of amides is 2. The lowest BCUT2D eigenvalue weighted by Crippen LogP contribution is -2.52. The van der Waals surface area contributed by atoms with Gasteiger partial charge in [-0.15, -0.1) is 10.2 Å². The first-order valence-corrected chi connectivity index (χ1v) is 10.6. The minimum Gasteiger partial charge on any atom is -0.352 e. The second kappa shape index (κ2) is 8.88. The Morgan fingerprint density at radius 1 is 1.14 bits per heavy atom. The van der Waals surface area contributed by atoms with E-state index in [1.54, 1.807) is 6.07 Å². The van der Waals surface area contributed by atoms with Crippen LogP contribution in [0, 0.1) is 11.3 Å². The van der Waals surface area contributed by atoms with Crippen LogP contribution in [0.5, 0.6) is 0 Å². The van der Waals surface area contributed by atoms with Crippen LogP contribution in [0.15, 0.2) is 12.1 Å². The topological polar surface area (TPSA) is 78.4 Å². The molecular weight excluding hydrogens is 354 g/mol. The first kappa shape index (κ1) is 20.6. The molecule has 3 rings (SSSR count). The third kappa shape index (κ3) is 5.20. The molecule has 0 radical (unpaired) electrons. The molecule has 2 fully saturated rings. The van der Waals surface area contributed by atoms with Crippen molar-refractivity contribution in [1.82, 2.24) is 20.4 Å². The molecular formula is C21H33N5O2. The van der Waals surface area contributed by atoms with Gasteiger partial charge in [-0.05, 0) is 30.9 Å². The van der Waals surface area contributed by atoms with Gasteiger partial charge < -0.3 is 15.1 Å². The minimum absolute atomic E-state index is 0.159. The van der Waals surface area contributed by atoms with Gasteiger partial charge in [-0.3, -0.25) is 9.59 Å². The highest BCUT2D eigenvalue weighted by molar-refractivity contribution is 5.92. The van der Waals surface area contributed by atoms with Gasteiger partial charge in [0.2, 0.25) is 5.91 Å². The number of nitrogens with zero attached hydrogens (tertiary/aromatic N) is 4. The van der Waals surface area contributed by atoms with Crippen molar-refractivity contribution in [3.63, 3.8) is 0 Å². The van der Waals surface area contributed by atoms with Crippen molar-refractivity contribution >= 4 is 17.6 Å². The molecule has 0 atom stereocenters. The van der Waals surface area contributed by atoms with Crippen molar-refractivity contribution in [2.24, 2.45) is 11.3 Å². The molecule has 2 heterocycles. The molecule has 0 spiro atoms. The smallest absolute Gasteiger partial charge is 0.271 e. The molecule has 1 aliphatic carbocycles. The first-order valence-electron chi connectivity index (χ1n) is 10.6. The van der Waals surface area contributed by atoms with Crippen molar-refractivity contribution in [2.45, 2.75) is 52.9 Å². The van der Waals surface area contributed by atoms with Crippen LogP contribution in [0.4, 0.5) is 5.82 Å². The number of nitrogens with one attached hydrogen (secondary N) is 1. The van der Waals surface area contributed by atoms with E-state index in [9.17, 15) is 9.59 Å². The standard InChI is InChI=1S/C21H33N5O2/c1-4-10-21(2,3)20(28)26-14-12-25(13-15-26)18-8-7-17(23-24-18)19(27)22-11-9-16-5-6-16/h7-8,16H,4-6,9-15H2,1-3H3,(H,22,27). The highest BCUT2D eigenvalue weighted by atomic mass is 16.2. The third-order valence-corrected chi connectivity index (χ3v) is 5.76. The van der Waals surface area contributed by atoms with Crippen LogP contribution in [0.25, 0.3) is 0 Å². The number of aromatic nitrogens is 2. The zero-order valence-electron chi connectivity index (χ0n) is 17.4. The summed E-state index contributed by atoms with van der Waals surface area (Å²) in [5, 5.41) is 11.3. The molecule has 28 heavy (non-hydrogen) atoms. The average Bonchev–Trinajstić information content (AvgIpc) is 3.52. The molecule has 0 aromatic carbocycles. The number of anilines is 1. The maximum atomic E-state index is 12.7. The molecule has 0 bridgehead atoms. The predicted octanol–water partition coefficient (Wildman–Crippen LogP) is 2.48. The average molecular weight is 388 g/mol. The molecule has 2 aliphatic rings. The van der Waals surface area contributed by atoms with Gasteiger partial charge in [-0.1, -0.05) is 40.0 Å². The second-order valence-electron chi connectivity index (χ2n) is 8.68. The van der Waals surface area contributed by atoms with E-state index in [4.69, 9.17) is 0 Å². The molecule has 154 valence electrons. The summed E-state index contributed by atoms with van der Waals surface area (Å²) in [4.78, 5) is 29.0. The Hall–Kier alpha value is -2.18. The van der Waals surface area contributed by atoms with Gasteiger partial charge in [0.25, 0.3) is 5.91 Å². The molecule has 1 aromatic rings. The normalized spacial score (nSPS) is 17.5. The summed E-state index contributed by atoms with van der Waals surface area (Å²) >= 11 is 0. The molecule has 1 aliphatic heterocycles. The summed E-state index contributed by atoms with van der Waals surface area (Å²) in [6, 6.07) is 3.58. The second-order valence-corrected chi connectivity index (χ2v) is 8.68. The number of piperazine rings is 1. The molecule has 1 N–H and O–H groups in total. The maximum absolute atomic E-state index is 12.7. The van der Waals surface area contributed by atoms with Gasteiger partial charge in [0.05, 0.1) is 0 Å². The summed E-state index contributed by atoms with van der Waals surface area (Å²) in [6.07, 6.45) is 5.55. The lowest BCUT2D eigenvalue weighted by atomic mass is 9.86. The van der Waals surface area contributed by atoms with Crippen molar-refractivity contribution in [1.29, 1.82) is 0 Å². The fraction of sp³-hybridized carbons (Fsp3) is 0.714. The molecule has 7 heteroatoms. The molecule has 1 saturated heterocycles. The monoisotopic (exact) mass is 387 g/mol. The molecule has 0 unspecified atom stereocenters. The fourth-order valence-corrected chi connectivity index (χ4v) is 3.80. The van der Waals surface area contributed by atoms with E-state index in [0.29, 0.717) is 25.3 Å². The molecule has 1 saturated carbocycles. The van der Waals surface area contributed by atoms with Crippen LogP contribution in [0.1, 0.15) is 63.4 Å². The van der Waals surface area contributed by atoms with Gasteiger partial charge in [-0.25, -0.2) is 0 Å². The van der Waals surface area contributed by atoms with Gasteiger partial charge in [-0.2, -0.15) is 0 Å². The maximum Gasteiger partial charge on any atom is 0.271 e. The Bertz CT molecular complexity index is 677. The van der Waals surface area contributed by atoms with Crippen molar-refractivity contribution in [2.75, 3.05) is 37.6 Å². The van der Waals surface area contributed by atoms with Crippen molar-refractivity contribution < 1.29 is 9.59 Å². The summed E-state index contributed by atoms with van der Waals surface area (Å²) in [6.45, 7) is 9.73. The van der Waals surface area contributed by atoms with Gasteiger partial charge in [0.1, 0.15) is 0 Å². The van der Waals surface area contributed by atoms with Crippen molar-refractivity contribution in [3.8, 4) is 0 Å². The van der Waals surface area contributed by atoms with Gasteiger partial charge >= 0.3 is 0 Å². The highest BCUT2D eigenvalue weighted by Crippen LogP contribution is 2.31. The summed E-state index contributed by atoms with van der Waals surface area (Å²) in [5.41, 5.74) is 0.0558. The summed E-state index contributed by atoms with van der Waals surface area (Å²) in [7, 11) is 0. The number of rotatable bonds is 8. The Morgan fingerprint density at radius 2 is 1.86 bits per heavy atom. The number of hydrogen-bond donors (Lipinski definition) is 1. The predicted molar refractivity (Wildman–Crippen MR) is 109 cm³/mol. The van der Waals surface area contributed by atoms with E-state index in [2.05, 4.69) is 27.3 Å². The Morgan fingerprint density at radius 3 is 2.43 bits per heavy atom. The SMILES string of the molecule is CCCC(C)(C)C(=O)N1CCN(c2ccc(C(=O)NCCC3CC3)nn2)CC1. The van der Waals surface area contributed by atoms with E-state index in [1.807, 2.05) is 24.8 Å². The van der Waals surface area contributed by atoms with E-state index in [1.165, 1.54) is 12.8 Å². The van der Waals surface area contributed by atoms with Crippen LogP contribution in [-0.2, 0) is 4.79 Å². The van der Waals surface area contributed by atoms with Crippen LogP contribution < -0.4 is 10.2 Å². The lowest BCUT2D eigenvalue weighted by molar-refractivity contribution is -0.141. The Labute approximate surface area is 167 Å².